The fraction of sp³-hybridized carbons (Fsp3) is 0.333. The van der Waals surface area contributed by atoms with E-state index in [2.05, 4.69) is 0 Å². The first-order valence-electron chi connectivity index (χ1n) is 3.16. The molecule has 8 heavy (non-hydrogen) atoms. The highest BCUT2D eigenvalue weighted by Crippen LogP contribution is 1.75. The number of carbonyl (C=O) groups is 2. The number of ketones is 2. The van der Waals surface area contributed by atoms with Crippen LogP contribution in [0.1, 0.15) is 16.6 Å². The van der Waals surface area contributed by atoms with Gasteiger partial charge in [0.1, 0.15) is 0 Å². The van der Waals surface area contributed by atoms with Crippen LogP contribution in [0.5, 0.6) is 0 Å². The fourth-order valence-electron chi connectivity index (χ4n) is 0.176. The average molecular weight is 114 g/mol. The average Bonchev–Trinajstić information content (AvgIpc) is 1.84. The van der Waals surface area contributed by atoms with Crippen LogP contribution in [0.25, 0.3) is 0 Å². The summed E-state index contributed by atoms with van der Waals surface area (Å²) in [6, 6.07) is -1.04. The molecule has 2 heteroatoms. The van der Waals surface area contributed by atoms with Crippen LogP contribution in [-0.2, 0) is 9.59 Å². The number of hydrogen-bond donors (Lipinski definition) is 0. The number of carbonyl (C=O) groups excluding carboxylic acids is 2. The zero-order valence-corrected chi connectivity index (χ0v) is 4.82. The summed E-state index contributed by atoms with van der Waals surface area (Å²) >= 11 is 0. The summed E-state index contributed by atoms with van der Waals surface area (Å²) in [6.07, 6.45) is 0. The van der Waals surface area contributed by atoms with Crippen molar-refractivity contribution in [2.24, 2.45) is 0 Å². The molecule has 0 radical (unpaired) electrons. The van der Waals surface area contributed by atoms with Crippen molar-refractivity contribution in [3.63, 3.8) is 0 Å². The highest BCUT2D eigenvalue weighted by Gasteiger charge is 1.83. The molecule has 0 saturated heterocycles. The highest BCUT2D eigenvalue weighted by molar-refractivity contribution is 5.96. The third kappa shape index (κ3) is 5.08. The normalized spacial score (nSPS) is 15.8. The second-order valence-electron chi connectivity index (χ2n) is 1.36. The van der Waals surface area contributed by atoms with Crippen molar-refractivity contribution >= 4 is 11.6 Å². The SMILES string of the molecule is [2H]/C(C(C)=O)=C(/[2H])C(C)=O. The number of allylic oxidation sites excluding steroid dienone is 2. The minimum atomic E-state index is -0.555. The van der Waals surface area contributed by atoms with Gasteiger partial charge in [0.05, 0.1) is 2.74 Å². The molecule has 0 N–H and O–H groups in total. The molecule has 0 aliphatic carbocycles. The van der Waals surface area contributed by atoms with Crippen molar-refractivity contribution in [2.45, 2.75) is 13.8 Å². The van der Waals surface area contributed by atoms with Crippen LogP contribution in [-0.4, -0.2) is 11.6 Å². The van der Waals surface area contributed by atoms with Crippen LogP contribution in [0.4, 0.5) is 0 Å². The lowest BCUT2D eigenvalue weighted by Gasteiger charge is -1.74. The lowest BCUT2D eigenvalue weighted by molar-refractivity contribution is -0.114. The van der Waals surface area contributed by atoms with Gasteiger partial charge in [-0.3, -0.25) is 9.59 Å². The molecule has 0 aromatic heterocycles. The lowest BCUT2D eigenvalue weighted by atomic mass is 10.3. The smallest absolute Gasteiger partial charge is 0.152 e. The van der Waals surface area contributed by atoms with E-state index in [0.717, 1.165) is 13.8 Å². The van der Waals surface area contributed by atoms with E-state index in [9.17, 15) is 9.59 Å². The molecule has 0 bridgehead atoms. The van der Waals surface area contributed by atoms with E-state index < -0.39 is 23.7 Å². The first kappa shape index (κ1) is 4.01. The van der Waals surface area contributed by atoms with Crippen molar-refractivity contribution in [2.75, 3.05) is 0 Å². The molecular weight excluding hydrogens is 104 g/mol. The van der Waals surface area contributed by atoms with Gasteiger partial charge >= 0.3 is 0 Å². The van der Waals surface area contributed by atoms with E-state index >= 15 is 0 Å². The zero-order valence-electron chi connectivity index (χ0n) is 6.82. The first-order chi connectivity index (χ1) is 4.46. The van der Waals surface area contributed by atoms with Gasteiger partial charge < -0.3 is 0 Å². The van der Waals surface area contributed by atoms with Gasteiger partial charge in [-0.05, 0) is 26.0 Å². The predicted molar refractivity (Wildman–Crippen MR) is 30.5 cm³/mol. The van der Waals surface area contributed by atoms with Crippen LogP contribution < -0.4 is 0 Å². The Morgan fingerprint density at radius 2 is 1.50 bits per heavy atom. The summed E-state index contributed by atoms with van der Waals surface area (Å²) in [5.74, 6) is -1.11. The second kappa shape index (κ2) is 3.13. The molecule has 0 atom stereocenters. The van der Waals surface area contributed by atoms with Crippen molar-refractivity contribution < 1.29 is 12.3 Å². The highest BCUT2D eigenvalue weighted by atomic mass is 16.1. The molecule has 0 unspecified atom stereocenters. The Hall–Kier alpha value is -0.920. The van der Waals surface area contributed by atoms with Gasteiger partial charge in [0.2, 0.25) is 0 Å². The molecule has 0 heterocycles. The van der Waals surface area contributed by atoms with E-state index in [1.54, 1.807) is 0 Å². The summed E-state index contributed by atoms with van der Waals surface area (Å²) in [5.41, 5.74) is 0. The molecule has 0 spiro atoms. The van der Waals surface area contributed by atoms with Gasteiger partial charge in [-0.2, -0.15) is 0 Å². The Balaban J connectivity index is 4.67. The minimum Gasteiger partial charge on any atom is -0.295 e. The molecule has 0 aromatic carbocycles. The Morgan fingerprint density at radius 3 is 1.62 bits per heavy atom. The van der Waals surface area contributed by atoms with Gasteiger partial charge in [-0.1, -0.05) is 0 Å². The predicted octanol–water partition coefficient (Wildman–Crippen LogP) is 0.721. The fourth-order valence-corrected chi connectivity index (χ4v) is 0.176. The van der Waals surface area contributed by atoms with Crippen molar-refractivity contribution in [3.05, 3.63) is 12.1 Å². The summed E-state index contributed by atoms with van der Waals surface area (Å²) in [7, 11) is 0. The van der Waals surface area contributed by atoms with E-state index in [1.165, 1.54) is 0 Å². The molecule has 0 aliphatic heterocycles. The Bertz CT molecular complexity index is 184. The van der Waals surface area contributed by atoms with Crippen LogP contribution in [0, 0.1) is 0 Å². The quantitative estimate of drug-likeness (QED) is 0.496. The van der Waals surface area contributed by atoms with E-state index in [-0.39, 0.29) is 0 Å². The van der Waals surface area contributed by atoms with Gasteiger partial charge in [0.15, 0.2) is 11.6 Å². The largest absolute Gasteiger partial charge is 0.295 e. The topological polar surface area (TPSA) is 34.1 Å². The number of hydrogen-bond acceptors (Lipinski definition) is 2. The van der Waals surface area contributed by atoms with Crippen LogP contribution in [0.3, 0.4) is 0 Å². The maximum atomic E-state index is 10.4. The monoisotopic (exact) mass is 114 g/mol. The Morgan fingerprint density at radius 1 is 1.25 bits per heavy atom. The molecule has 0 aromatic rings. The third-order valence-corrected chi connectivity index (χ3v) is 0.415. The summed E-state index contributed by atoms with van der Waals surface area (Å²) in [4.78, 5) is 20.7. The molecule has 0 fully saturated rings. The molecule has 0 amide bonds. The third-order valence-electron chi connectivity index (χ3n) is 0.415. The standard InChI is InChI=1S/C6H8O2/c1-5(7)3-4-6(2)8/h3-4H,1-2H3/b4-3+/i3D,4D. The maximum absolute atomic E-state index is 10.4. The van der Waals surface area contributed by atoms with E-state index in [0.29, 0.717) is 0 Å². The summed E-state index contributed by atoms with van der Waals surface area (Å²) < 4.78 is 13.8. The first-order valence-corrected chi connectivity index (χ1v) is 2.16. The molecule has 0 aliphatic rings. The van der Waals surface area contributed by atoms with Gasteiger partial charge in [-0.15, -0.1) is 0 Å². The van der Waals surface area contributed by atoms with Gasteiger partial charge in [0, 0.05) is 0 Å². The second-order valence-corrected chi connectivity index (χ2v) is 1.36. The van der Waals surface area contributed by atoms with Crippen molar-refractivity contribution in [3.8, 4) is 0 Å². The molecular formula is C6H8O2. The Kier molecular flexibility index (Phi) is 1.57. The van der Waals surface area contributed by atoms with Crippen molar-refractivity contribution in [1.82, 2.24) is 0 Å². The van der Waals surface area contributed by atoms with E-state index in [1.807, 2.05) is 0 Å². The zero-order chi connectivity index (χ0) is 8.31. The number of rotatable bonds is 2. The van der Waals surface area contributed by atoms with Gasteiger partial charge in [0.25, 0.3) is 0 Å². The summed E-state index contributed by atoms with van der Waals surface area (Å²) in [6.45, 7) is 2.31. The van der Waals surface area contributed by atoms with E-state index in [4.69, 9.17) is 2.74 Å². The molecule has 0 rings (SSSR count). The lowest BCUT2D eigenvalue weighted by Crippen LogP contribution is -1.85. The summed E-state index contributed by atoms with van der Waals surface area (Å²) in [5, 5.41) is 0. The maximum Gasteiger partial charge on any atom is 0.152 e. The minimum absolute atomic E-state index is 0.521. The van der Waals surface area contributed by atoms with Crippen LogP contribution in [0.15, 0.2) is 12.1 Å². The van der Waals surface area contributed by atoms with Crippen LogP contribution >= 0.6 is 0 Å². The molecule has 2 nitrogen and oxygen atoms in total. The van der Waals surface area contributed by atoms with Crippen LogP contribution in [0.2, 0.25) is 0 Å². The van der Waals surface area contributed by atoms with Gasteiger partial charge in [-0.25, -0.2) is 0 Å². The van der Waals surface area contributed by atoms with Crippen molar-refractivity contribution in [1.29, 1.82) is 0 Å². The Labute approximate surface area is 51.0 Å². The molecule has 44 valence electrons. The molecule has 0 saturated carbocycles.